The molecule has 0 saturated heterocycles. The molecule has 4 nitrogen and oxygen atoms in total. The Balaban J connectivity index is 2.39. The zero-order chi connectivity index (χ0) is 15.6. The maximum Gasteiger partial charge on any atom is 0.273 e. The number of alkyl halides is 1. The molecule has 0 aliphatic rings. The van der Waals surface area contributed by atoms with Crippen LogP contribution >= 0.6 is 27.5 Å². The molecule has 0 saturated carbocycles. The van der Waals surface area contributed by atoms with E-state index in [0.717, 1.165) is 11.1 Å². The Hall–Kier alpha value is -1.59. The Morgan fingerprint density at radius 3 is 2.38 bits per heavy atom. The average molecular weight is 371 g/mol. The number of hydrogen-bond acceptors (Lipinski definition) is 3. The molecule has 0 aliphatic heterocycles. The number of benzene rings is 2. The molecule has 2 aromatic carbocycles. The van der Waals surface area contributed by atoms with Gasteiger partial charge in [0.15, 0.2) is 0 Å². The molecule has 0 aliphatic carbocycles. The Labute approximate surface area is 136 Å². The first-order valence-corrected chi connectivity index (χ1v) is 7.70. The van der Waals surface area contributed by atoms with Crippen LogP contribution in [0.15, 0.2) is 30.3 Å². The highest BCUT2D eigenvalue weighted by Gasteiger charge is 2.15. The van der Waals surface area contributed by atoms with Gasteiger partial charge in [0.1, 0.15) is 11.5 Å². The first-order valence-electron chi connectivity index (χ1n) is 6.20. The van der Waals surface area contributed by atoms with E-state index in [1.807, 2.05) is 26.0 Å². The molecular weight excluding hydrogens is 358 g/mol. The number of nitro groups is 1. The average Bonchev–Trinajstić information content (AvgIpc) is 2.42. The van der Waals surface area contributed by atoms with E-state index in [9.17, 15) is 10.1 Å². The summed E-state index contributed by atoms with van der Waals surface area (Å²) in [5.41, 5.74) is 2.48. The highest BCUT2D eigenvalue weighted by atomic mass is 79.9. The summed E-state index contributed by atoms with van der Waals surface area (Å²) in [6.45, 7) is 3.82. The summed E-state index contributed by atoms with van der Waals surface area (Å²) >= 11 is 9.25. The Morgan fingerprint density at radius 2 is 1.86 bits per heavy atom. The lowest BCUT2D eigenvalue weighted by atomic mass is 10.1. The summed E-state index contributed by atoms with van der Waals surface area (Å²) in [7, 11) is 0. The summed E-state index contributed by atoms with van der Waals surface area (Å²) in [6, 6.07) is 8.35. The van der Waals surface area contributed by atoms with Crippen LogP contribution < -0.4 is 4.74 Å². The van der Waals surface area contributed by atoms with Crippen LogP contribution in [-0.2, 0) is 5.33 Å². The molecule has 21 heavy (non-hydrogen) atoms. The second kappa shape index (κ2) is 6.45. The maximum atomic E-state index is 10.9. The fourth-order valence-electron chi connectivity index (χ4n) is 2.09. The van der Waals surface area contributed by atoms with Crippen molar-refractivity contribution in [2.75, 3.05) is 0 Å². The SMILES string of the molecule is Cc1cc(Cl)cc(C)c1Oc1ccc([N+](=O)[O-])c(CBr)c1. The van der Waals surface area contributed by atoms with Crippen molar-refractivity contribution in [3.05, 3.63) is 62.2 Å². The first kappa shape index (κ1) is 15.8. The van der Waals surface area contributed by atoms with Crippen molar-refractivity contribution in [1.29, 1.82) is 0 Å². The van der Waals surface area contributed by atoms with E-state index in [-0.39, 0.29) is 5.69 Å². The van der Waals surface area contributed by atoms with Crippen molar-refractivity contribution < 1.29 is 9.66 Å². The molecule has 0 amide bonds. The summed E-state index contributed by atoms with van der Waals surface area (Å²) < 4.78 is 5.87. The van der Waals surface area contributed by atoms with Crippen molar-refractivity contribution in [1.82, 2.24) is 0 Å². The maximum absolute atomic E-state index is 10.9. The van der Waals surface area contributed by atoms with Crippen LogP contribution in [-0.4, -0.2) is 4.92 Å². The summed E-state index contributed by atoms with van der Waals surface area (Å²) in [6.07, 6.45) is 0. The standard InChI is InChI=1S/C15H13BrClNO3/c1-9-5-12(17)6-10(2)15(9)21-13-3-4-14(18(19)20)11(7-13)8-16/h3-7H,8H2,1-2H3. The van der Waals surface area contributed by atoms with E-state index < -0.39 is 4.92 Å². The third-order valence-electron chi connectivity index (χ3n) is 3.04. The zero-order valence-corrected chi connectivity index (χ0v) is 13.9. The van der Waals surface area contributed by atoms with E-state index >= 15 is 0 Å². The van der Waals surface area contributed by atoms with Crippen molar-refractivity contribution in [3.8, 4) is 11.5 Å². The monoisotopic (exact) mass is 369 g/mol. The van der Waals surface area contributed by atoms with E-state index in [1.54, 1.807) is 12.1 Å². The van der Waals surface area contributed by atoms with E-state index in [2.05, 4.69) is 15.9 Å². The van der Waals surface area contributed by atoms with Gasteiger partial charge >= 0.3 is 0 Å². The molecule has 0 unspecified atom stereocenters. The molecule has 6 heteroatoms. The lowest BCUT2D eigenvalue weighted by molar-refractivity contribution is -0.385. The Kier molecular flexibility index (Phi) is 4.85. The molecule has 2 rings (SSSR count). The molecule has 0 radical (unpaired) electrons. The van der Waals surface area contributed by atoms with Gasteiger partial charge in [0, 0.05) is 22.0 Å². The fraction of sp³-hybridized carbons (Fsp3) is 0.200. The van der Waals surface area contributed by atoms with Gasteiger partial charge in [-0.2, -0.15) is 0 Å². The van der Waals surface area contributed by atoms with Gasteiger partial charge in [-0.05, 0) is 49.2 Å². The third-order valence-corrected chi connectivity index (χ3v) is 3.86. The van der Waals surface area contributed by atoms with Gasteiger partial charge in [0.05, 0.1) is 4.92 Å². The van der Waals surface area contributed by atoms with Crippen LogP contribution in [0, 0.1) is 24.0 Å². The van der Waals surface area contributed by atoms with Crippen molar-refractivity contribution in [2.45, 2.75) is 19.2 Å². The van der Waals surface area contributed by atoms with Crippen molar-refractivity contribution >= 4 is 33.2 Å². The lowest BCUT2D eigenvalue weighted by Crippen LogP contribution is -1.96. The lowest BCUT2D eigenvalue weighted by Gasteiger charge is -2.13. The molecule has 0 fully saturated rings. The molecule has 0 spiro atoms. The summed E-state index contributed by atoms with van der Waals surface area (Å²) in [4.78, 5) is 10.5. The van der Waals surface area contributed by atoms with Crippen LogP contribution in [0.5, 0.6) is 11.5 Å². The molecule has 0 bridgehead atoms. The number of halogens is 2. The number of nitrogens with zero attached hydrogens (tertiary/aromatic N) is 1. The molecule has 0 aromatic heterocycles. The topological polar surface area (TPSA) is 52.4 Å². The number of hydrogen-bond donors (Lipinski definition) is 0. The van der Waals surface area contributed by atoms with Gasteiger partial charge in [0.2, 0.25) is 0 Å². The summed E-state index contributed by atoms with van der Waals surface area (Å²) in [5, 5.41) is 12.0. The van der Waals surface area contributed by atoms with Gasteiger partial charge in [0.25, 0.3) is 5.69 Å². The van der Waals surface area contributed by atoms with Crippen LogP contribution in [0.1, 0.15) is 16.7 Å². The molecule has 2 aromatic rings. The summed E-state index contributed by atoms with van der Waals surface area (Å²) in [5.74, 6) is 1.28. The molecule has 0 N–H and O–H groups in total. The molecule has 110 valence electrons. The Morgan fingerprint density at radius 1 is 1.24 bits per heavy atom. The highest BCUT2D eigenvalue weighted by Crippen LogP contribution is 2.33. The predicted octanol–water partition coefficient (Wildman–Crippen LogP) is 5.55. The largest absolute Gasteiger partial charge is 0.457 e. The number of rotatable bonds is 4. The van der Waals surface area contributed by atoms with Gasteiger partial charge in [-0.15, -0.1) is 0 Å². The number of aryl methyl sites for hydroxylation is 2. The first-order chi connectivity index (χ1) is 9.92. The minimum atomic E-state index is -0.404. The quantitative estimate of drug-likeness (QED) is 0.402. The number of ether oxygens (including phenoxy) is 1. The zero-order valence-electron chi connectivity index (χ0n) is 11.5. The predicted molar refractivity (Wildman–Crippen MR) is 86.7 cm³/mol. The minimum Gasteiger partial charge on any atom is -0.457 e. The minimum absolute atomic E-state index is 0.0729. The van der Waals surface area contributed by atoms with E-state index in [1.165, 1.54) is 6.07 Å². The van der Waals surface area contributed by atoms with Crippen molar-refractivity contribution in [3.63, 3.8) is 0 Å². The third kappa shape index (κ3) is 3.54. The van der Waals surface area contributed by atoms with Crippen LogP contribution in [0.25, 0.3) is 0 Å². The molecule has 0 atom stereocenters. The van der Waals surface area contributed by atoms with Crippen LogP contribution in [0.2, 0.25) is 5.02 Å². The van der Waals surface area contributed by atoms with Crippen LogP contribution in [0.3, 0.4) is 0 Å². The number of nitro benzene ring substituents is 1. The Bertz CT molecular complexity index is 680. The fourth-order valence-corrected chi connectivity index (χ4v) is 2.86. The van der Waals surface area contributed by atoms with Gasteiger partial charge in [-0.25, -0.2) is 0 Å². The van der Waals surface area contributed by atoms with Crippen molar-refractivity contribution in [2.24, 2.45) is 0 Å². The van der Waals surface area contributed by atoms with Crippen LogP contribution in [0.4, 0.5) is 5.69 Å². The molecule has 0 heterocycles. The van der Waals surface area contributed by atoms with Gasteiger partial charge in [-0.1, -0.05) is 27.5 Å². The second-order valence-electron chi connectivity index (χ2n) is 4.65. The molecular formula is C15H13BrClNO3. The highest BCUT2D eigenvalue weighted by molar-refractivity contribution is 9.08. The smallest absolute Gasteiger partial charge is 0.273 e. The van der Waals surface area contributed by atoms with Gasteiger partial charge < -0.3 is 4.74 Å². The van der Waals surface area contributed by atoms with Gasteiger partial charge in [-0.3, -0.25) is 10.1 Å². The van der Waals surface area contributed by atoms with E-state index in [0.29, 0.717) is 27.4 Å². The second-order valence-corrected chi connectivity index (χ2v) is 5.65. The van der Waals surface area contributed by atoms with E-state index in [4.69, 9.17) is 16.3 Å². The normalized spacial score (nSPS) is 10.5.